The monoisotopic (exact) mass is 327 g/mol. The first-order valence-electron chi connectivity index (χ1n) is 8.05. The fourth-order valence-electron chi connectivity index (χ4n) is 2.23. The second-order valence-electron chi connectivity index (χ2n) is 5.21. The molecule has 0 atom stereocenters. The van der Waals surface area contributed by atoms with Crippen LogP contribution in [0.2, 0.25) is 0 Å². The SMILES string of the molecule is C=CCOc1ccccc1CNC(=NC)NCCCn1ccnc1. The van der Waals surface area contributed by atoms with Crippen molar-refractivity contribution in [2.45, 2.75) is 19.5 Å². The van der Waals surface area contributed by atoms with Gasteiger partial charge in [-0.25, -0.2) is 4.98 Å². The number of benzene rings is 1. The first kappa shape index (κ1) is 17.6. The molecule has 0 fully saturated rings. The van der Waals surface area contributed by atoms with Crippen molar-refractivity contribution in [3.63, 3.8) is 0 Å². The molecule has 6 heteroatoms. The van der Waals surface area contributed by atoms with Gasteiger partial charge in [0, 0.05) is 44.6 Å². The fraction of sp³-hybridized carbons (Fsp3) is 0.333. The molecule has 0 aliphatic heterocycles. The predicted octanol–water partition coefficient (Wildman–Crippen LogP) is 2.20. The third kappa shape index (κ3) is 5.79. The van der Waals surface area contributed by atoms with Gasteiger partial charge in [-0.2, -0.15) is 0 Å². The minimum Gasteiger partial charge on any atom is -0.489 e. The summed E-state index contributed by atoms with van der Waals surface area (Å²) >= 11 is 0. The van der Waals surface area contributed by atoms with E-state index in [1.807, 2.05) is 36.8 Å². The van der Waals surface area contributed by atoms with Crippen molar-refractivity contribution in [3.8, 4) is 5.75 Å². The summed E-state index contributed by atoms with van der Waals surface area (Å²) < 4.78 is 7.73. The van der Waals surface area contributed by atoms with E-state index in [0.717, 1.165) is 36.8 Å². The van der Waals surface area contributed by atoms with E-state index in [0.29, 0.717) is 13.2 Å². The van der Waals surface area contributed by atoms with Crippen LogP contribution in [0, 0.1) is 0 Å². The van der Waals surface area contributed by atoms with Crippen LogP contribution in [0.25, 0.3) is 0 Å². The number of aryl methyl sites for hydroxylation is 1. The molecular formula is C18H25N5O. The van der Waals surface area contributed by atoms with Crippen molar-refractivity contribution in [2.75, 3.05) is 20.2 Å². The third-order valence-corrected chi connectivity index (χ3v) is 3.44. The van der Waals surface area contributed by atoms with E-state index in [-0.39, 0.29) is 0 Å². The van der Waals surface area contributed by atoms with Gasteiger partial charge in [0.05, 0.1) is 6.33 Å². The molecule has 0 radical (unpaired) electrons. The van der Waals surface area contributed by atoms with Crippen LogP contribution in [0.1, 0.15) is 12.0 Å². The Morgan fingerprint density at radius 3 is 3.00 bits per heavy atom. The van der Waals surface area contributed by atoms with Gasteiger partial charge in [0.25, 0.3) is 0 Å². The molecule has 0 aliphatic carbocycles. The number of rotatable bonds is 9. The van der Waals surface area contributed by atoms with Crippen molar-refractivity contribution in [3.05, 3.63) is 61.2 Å². The van der Waals surface area contributed by atoms with E-state index in [4.69, 9.17) is 4.74 Å². The molecule has 0 bridgehead atoms. The maximum Gasteiger partial charge on any atom is 0.191 e. The average Bonchev–Trinajstić information content (AvgIpc) is 3.13. The van der Waals surface area contributed by atoms with Crippen LogP contribution in [0.3, 0.4) is 0 Å². The lowest BCUT2D eigenvalue weighted by atomic mass is 10.2. The number of nitrogens with zero attached hydrogens (tertiary/aromatic N) is 3. The Balaban J connectivity index is 1.76. The molecule has 2 aromatic rings. The molecule has 6 nitrogen and oxygen atoms in total. The summed E-state index contributed by atoms with van der Waals surface area (Å²) in [5.41, 5.74) is 1.08. The van der Waals surface area contributed by atoms with Crippen molar-refractivity contribution in [2.24, 2.45) is 4.99 Å². The summed E-state index contributed by atoms with van der Waals surface area (Å²) in [5, 5.41) is 6.62. The Hall–Kier alpha value is -2.76. The highest BCUT2D eigenvalue weighted by Crippen LogP contribution is 2.17. The second-order valence-corrected chi connectivity index (χ2v) is 5.21. The van der Waals surface area contributed by atoms with Crippen LogP contribution in [-0.2, 0) is 13.1 Å². The molecule has 0 unspecified atom stereocenters. The number of para-hydroxylation sites is 1. The smallest absolute Gasteiger partial charge is 0.191 e. The number of guanidine groups is 1. The van der Waals surface area contributed by atoms with Crippen LogP contribution in [0.4, 0.5) is 0 Å². The number of nitrogens with one attached hydrogen (secondary N) is 2. The van der Waals surface area contributed by atoms with E-state index in [2.05, 4.69) is 31.8 Å². The molecule has 0 saturated carbocycles. The Kier molecular flexibility index (Phi) is 7.40. The van der Waals surface area contributed by atoms with Crippen LogP contribution in [0.5, 0.6) is 5.75 Å². The average molecular weight is 327 g/mol. The zero-order valence-electron chi connectivity index (χ0n) is 14.1. The molecule has 0 saturated heterocycles. The molecule has 1 aromatic carbocycles. The molecule has 2 rings (SSSR count). The van der Waals surface area contributed by atoms with Crippen LogP contribution in [-0.4, -0.2) is 35.7 Å². The topological polar surface area (TPSA) is 63.5 Å². The maximum absolute atomic E-state index is 5.67. The summed E-state index contributed by atoms with van der Waals surface area (Å²) in [6, 6.07) is 7.96. The molecule has 0 spiro atoms. The normalized spacial score (nSPS) is 11.1. The van der Waals surface area contributed by atoms with Crippen molar-refractivity contribution >= 4 is 5.96 Å². The van der Waals surface area contributed by atoms with Gasteiger partial charge in [-0.05, 0) is 12.5 Å². The Labute approximate surface area is 143 Å². The van der Waals surface area contributed by atoms with E-state index in [9.17, 15) is 0 Å². The summed E-state index contributed by atoms with van der Waals surface area (Å²) in [6.07, 6.45) is 8.32. The van der Waals surface area contributed by atoms with Gasteiger partial charge in [0.2, 0.25) is 0 Å². The van der Waals surface area contributed by atoms with Gasteiger partial charge in [-0.15, -0.1) is 0 Å². The van der Waals surface area contributed by atoms with Gasteiger partial charge < -0.3 is 19.9 Å². The first-order chi connectivity index (χ1) is 11.8. The lowest BCUT2D eigenvalue weighted by molar-refractivity contribution is 0.358. The molecule has 2 N–H and O–H groups in total. The minimum absolute atomic E-state index is 0.498. The summed E-state index contributed by atoms with van der Waals surface area (Å²) in [7, 11) is 1.77. The lowest BCUT2D eigenvalue weighted by Gasteiger charge is -2.14. The van der Waals surface area contributed by atoms with Gasteiger partial charge >= 0.3 is 0 Å². The van der Waals surface area contributed by atoms with Crippen LogP contribution < -0.4 is 15.4 Å². The zero-order valence-corrected chi connectivity index (χ0v) is 14.1. The number of hydrogen-bond acceptors (Lipinski definition) is 3. The summed E-state index contributed by atoms with van der Waals surface area (Å²) in [4.78, 5) is 8.28. The molecule has 128 valence electrons. The fourth-order valence-corrected chi connectivity index (χ4v) is 2.23. The summed E-state index contributed by atoms with van der Waals surface area (Å²) in [5.74, 6) is 1.64. The second kappa shape index (κ2) is 10.1. The number of aliphatic imine (C=N–C) groups is 1. The number of hydrogen-bond donors (Lipinski definition) is 2. The highest BCUT2D eigenvalue weighted by Gasteiger charge is 2.04. The van der Waals surface area contributed by atoms with Gasteiger partial charge in [0.15, 0.2) is 5.96 Å². The quantitative estimate of drug-likeness (QED) is 0.321. The largest absolute Gasteiger partial charge is 0.489 e. The number of aromatic nitrogens is 2. The van der Waals surface area contributed by atoms with Crippen LogP contribution in [0.15, 0.2) is 60.6 Å². The Morgan fingerprint density at radius 2 is 2.25 bits per heavy atom. The van der Waals surface area contributed by atoms with Crippen LogP contribution >= 0.6 is 0 Å². The molecular weight excluding hydrogens is 302 g/mol. The predicted molar refractivity (Wildman–Crippen MR) is 97.2 cm³/mol. The Morgan fingerprint density at radius 1 is 1.38 bits per heavy atom. The molecule has 0 aliphatic rings. The van der Waals surface area contributed by atoms with Gasteiger partial charge in [-0.3, -0.25) is 4.99 Å². The summed E-state index contributed by atoms with van der Waals surface area (Å²) in [6.45, 7) is 6.60. The zero-order chi connectivity index (χ0) is 17.0. The maximum atomic E-state index is 5.67. The third-order valence-electron chi connectivity index (χ3n) is 3.44. The molecule has 1 heterocycles. The molecule has 24 heavy (non-hydrogen) atoms. The first-order valence-corrected chi connectivity index (χ1v) is 8.05. The highest BCUT2D eigenvalue weighted by atomic mass is 16.5. The molecule has 1 aromatic heterocycles. The standard InChI is InChI=1S/C18H25N5O/c1-3-13-24-17-8-5-4-7-16(17)14-22-18(19-2)21-9-6-11-23-12-10-20-15-23/h3-5,7-8,10,12,15H,1,6,9,11,13-14H2,2H3,(H2,19,21,22). The van der Waals surface area contributed by atoms with Crippen molar-refractivity contribution < 1.29 is 4.74 Å². The van der Waals surface area contributed by atoms with Gasteiger partial charge in [0.1, 0.15) is 12.4 Å². The van der Waals surface area contributed by atoms with Crippen molar-refractivity contribution in [1.29, 1.82) is 0 Å². The number of imidazole rings is 1. The number of ether oxygens (including phenoxy) is 1. The molecule has 0 amide bonds. The highest BCUT2D eigenvalue weighted by molar-refractivity contribution is 5.79. The van der Waals surface area contributed by atoms with E-state index >= 15 is 0 Å². The minimum atomic E-state index is 0.498. The van der Waals surface area contributed by atoms with E-state index < -0.39 is 0 Å². The van der Waals surface area contributed by atoms with Gasteiger partial charge in [-0.1, -0.05) is 30.9 Å². The van der Waals surface area contributed by atoms with E-state index in [1.54, 1.807) is 19.3 Å². The lowest BCUT2D eigenvalue weighted by Crippen LogP contribution is -2.37. The van der Waals surface area contributed by atoms with Crippen molar-refractivity contribution in [1.82, 2.24) is 20.2 Å². The van der Waals surface area contributed by atoms with E-state index in [1.165, 1.54) is 0 Å². The Bertz CT molecular complexity index is 637.